The molecule has 12 heavy (non-hydrogen) atoms. The second kappa shape index (κ2) is 5.88. The summed E-state index contributed by atoms with van der Waals surface area (Å²) in [6, 6.07) is 5.15. The second-order valence-corrected chi connectivity index (χ2v) is 2.29. The Hall–Kier alpha value is -0.705. The molecule has 0 amide bonds. The van der Waals surface area contributed by atoms with E-state index in [1.807, 2.05) is 0 Å². The molecule has 0 aliphatic rings. The van der Waals surface area contributed by atoms with Crippen molar-refractivity contribution in [3.05, 3.63) is 23.2 Å². The molecule has 0 unspecified atom stereocenters. The quantitative estimate of drug-likeness (QED) is 0.547. The fourth-order valence-corrected chi connectivity index (χ4v) is 0.805. The van der Waals surface area contributed by atoms with Crippen LogP contribution in [0.1, 0.15) is 0 Å². The summed E-state index contributed by atoms with van der Waals surface area (Å²) in [4.78, 5) is 0. The fraction of sp³-hybridized carbons (Fsp3) is 0.143. The van der Waals surface area contributed by atoms with Crippen molar-refractivity contribution in [1.82, 2.24) is 0 Å². The van der Waals surface area contributed by atoms with Gasteiger partial charge in [-0.1, -0.05) is 23.1 Å². The highest BCUT2D eigenvalue weighted by molar-refractivity contribution is 6.45. The molecule has 1 aromatic carbocycles. The van der Waals surface area contributed by atoms with Gasteiger partial charge in [-0.25, -0.2) is 0 Å². The van der Waals surface area contributed by atoms with Crippen molar-refractivity contribution < 1.29 is 15.7 Å². The summed E-state index contributed by atoms with van der Waals surface area (Å²) in [5, 5.41) is 0.527. The van der Waals surface area contributed by atoms with Crippen LogP contribution < -0.4 is 10.2 Å². The van der Waals surface area contributed by atoms with E-state index in [0.29, 0.717) is 10.5 Å². The zero-order valence-electron chi connectivity index (χ0n) is 6.60. The molecule has 1 aromatic rings. The number of hydrogen-bond donors (Lipinski definition) is 0. The summed E-state index contributed by atoms with van der Waals surface area (Å²) in [7, 11) is 7.04. The molecule has 2 radical (unpaired) electrons. The number of rotatable bonds is 1. The molecule has 66 valence electrons. The third-order valence-electron chi connectivity index (χ3n) is 1.21. The first-order valence-electron chi connectivity index (χ1n) is 2.83. The highest BCUT2D eigenvalue weighted by atomic mass is 35.5. The van der Waals surface area contributed by atoms with E-state index in [1.165, 1.54) is 0 Å². The summed E-state index contributed by atoms with van der Waals surface area (Å²) in [6.07, 6.45) is 0. The van der Waals surface area contributed by atoms with E-state index in [1.54, 1.807) is 25.3 Å². The van der Waals surface area contributed by atoms with Gasteiger partial charge in [-0.15, -0.1) is 0 Å². The SMILES string of the molecule is O.O.[B]c1ccc(OC)cc1Cl. The van der Waals surface area contributed by atoms with Crippen LogP contribution in [0.3, 0.4) is 0 Å². The number of methoxy groups -OCH3 is 1. The Morgan fingerprint density at radius 3 is 2.33 bits per heavy atom. The van der Waals surface area contributed by atoms with Crippen molar-refractivity contribution in [2.45, 2.75) is 0 Å². The topological polar surface area (TPSA) is 72.2 Å². The van der Waals surface area contributed by atoms with Gasteiger partial charge in [-0.2, -0.15) is 0 Å². The van der Waals surface area contributed by atoms with Gasteiger partial charge in [0.1, 0.15) is 13.6 Å². The van der Waals surface area contributed by atoms with Crippen LogP contribution in [0.4, 0.5) is 0 Å². The smallest absolute Gasteiger partial charge is 0.120 e. The maximum absolute atomic E-state index is 5.69. The van der Waals surface area contributed by atoms with E-state index in [-0.39, 0.29) is 11.0 Å². The lowest BCUT2D eigenvalue weighted by atomic mass is 9.96. The van der Waals surface area contributed by atoms with Gasteiger partial charge in [-0.05, 0) is 12.1 Å². The summed E-state index contributed by atoms with van der Waals surface area (Å²) >= 11 is 5.69. The van der Waals surface area contributed by atoms with Gasteiger partial charge in [0.05, 0.1) is 7.11 Å². The van der Waals surface area contributed by atoms with E-state index in [9.17, 15) is 0 Å². The molecule has 0 aromatic heterocycles. The zero-order valence-corrected chi connectivity index (χ0v) is 7.35. The van der Waals surface area contributed by atoms with E-state index >= 15 is 0 Å². The standard InChI is InChI=1S/C7H6BClO.2H2O/c1-10-5-2-3-6(8)7(9)4-5;;/h2-4H,1H3;2*1H2. The Balaban J connectivity index is 0. The number of ether oxygens (including phenoxy) is 1. The Bertz CT molecular complexity index is 242. The minimum absolute atomic E-state index is 0. The molecule has 0 aliphatic heterocycles. The Morgan fingerprint density at radius 1 is 1.33 bits per heavy atom. The Labute approximate surface area is 77.3 Å². The Morgan fingerprint density at radius 2 is 1.92 bits per heavy atom. The number of hydrogen-bond acceptors (Lipinski definition) is 1. The molecule has 0 saturated carbocycles. The van der Waals surface area contributed by atoms with Crippen LogP contribution in [-0.4, -0.2) is 25.9 Å². The highest BCUT2D eigenvalue weighted by Gasteiger charge is 1.94. The normalized spacial score (nSPS) is 7.83. The summed E-state index contributed by atoms with van der Waals surface area (Å²) in [6.45, 7) is 0. The largest absolute Gasteiger partial charge is 0.497 e. The molecule has 1 rings (SSSR count). The molecule has 0 heterocycles. The van der Waals surface area contributed by atoms with E-state index in [2.05, 4.69) is 0 Å². The molecule has 0 bridgehead atoms. The molecule has 0 fully saturated rings. The molecule has 3 nitrogen and oxygen atoms in total. The van der Waals surface area contributed by atoms with Gasteiger partial charge >= 0.3 is 0 Å². The first kappa shape index (κ1) is 13.9. The molecule has 0 saturated heterocycles. The lowest BCUT2D eigenvalue weighted by molar-refractivity contribution is 0.415. The van der Waals surface area contributed by atoms with Crippen molar-refractivity contribution in [2.75, 3.05) is 7.11 Å². The Kier molecular flexibility index (Phi) is 6.79. The van der Waals surface area contributed by atoms with Crippen LogP contribution in [-0.2, 0) is 0 Å². The molecular weight excluding hydrogens is 178 g/mol. The summed E-state index contributed by atoms with van der Waals surface area (Å²) < 4.78 is 4.91. The van der Waals surface area contributed by atoms with E-state index in [4.69, 9.17) is 24.2 Å². The summed E-state index contributed by atoms with van der Waals surface area (Å²) in [5.74, 6) is 0.721. The van der Waals surface area contributed by atoms with Gasteiger partial charge in [0.2, 0.25) is 0 Å². The predicted octanol–water partition coefficient (Wildman–Crippen LogP) is -0.507. The van der Waals surface area contributed by atoms with Crippen LogP contribution >= 0.6 is 11.6 Å². The molecular formula is C7H10BClO3. The van der Waals surface area contributed by atoms with Crippen molar-refractivity contribution in [1.29, 1.82) is 0 Å². The van der Waals surface area contributed by atoms with E-state index < -0.39 is 0 Å². The predicted molar refractivity (Wildman–Crippen MR) is 50.6 cm³/mol. The van der Waals surface area contributed by atoms with Gasteiger partial charge in [0.15, 0.2) is 0 Å². The summed E-state index contributed by atoms with van der Waals surface area (Å²) in [5.41, 5.74) is 0.572. The molecule has 4 N–H and O–H groups in total. The van der Waals surface area contributed by atoms with Crippen LogP contribution in [0.2, 0.25) is 5.02 Å². The second-order valence-electron chi connectivity index (χ2n) is 1.89. The maximum atomic E-state index is 5.69. The molecule has 5 heteroatoms. The third kappa shape index (κ3) is 3.13. The van der Waals surface area contributed by atoms with Gasteiger partial charge in [-0.3, -0.25) is 0 Å². The van der Waals surface area contributed by atoms with Gasteiger partial charge in [0, 0.05) is 5.02 Å². The van der Waals surface area contributed by atoms with Crippen molar-refractivity contribution in [3.63, 3.8) is 0 Å². The van der Waals surface area contributed by atoms with Crippen LogP contribution in [0.5, 0.6) is 5.75 Å². The van der Waals surface area contributed by atoms with Crippen LogP contribution in [0.15, 0.2) is 18.2 Å². The minimum Gasteiger partial charge on any atom is -0.497 e. The maximum Gasteiger partial charge on any atom is 0.120 e. The van der Waals surface area contributed by atoms with Crippen molar-refractivity contribution >= 4 is 24.9 Å². The van der Waals surface area contributed by atoms with Crippen LogP contribution in [0.25, 0.3) is 0 Å². The average molecular weight is 188 g/mol. The van der Waals surface area contributed by atoms with Crippen LogP contribution in [0, 0.1) is 0 Å². The highest BCUT2D eigenvalue weighted by Crippen LogP contribution is 2.13. The van der Waals surface area contributed by atoms with Gasteiger partial charge in [0.25, 0.3) is 0 Å². The van der Waals surface area contributed by atoms with Crippen molar-refractivity contribution in [2.24, 2.45) is 0 Å². The van der Waals surface area contributed by atoms with E-state index in [0.717, 1.165) is 5.75 Å². The minimum atomic E-state index is 0. The fourth-order valence-electron chi connectivity index (χ4n) is 0.635. The lowest BCUT2D eigenvalue weighted by Gasteiger charge is -2.01. The first-order valence-corrected chi connectivity index (χ1v) is 3.21. The molecule has 0 atom stereocenters. The number of benzene rings is 1. The third-order valence-corrected chi connectivity index (χ3v) is 1.53. The molecule has 0 spiro atoms. The number of halogens is 1. The zero-order chi connectivity index (χ0) is 7.56. The van der Waals surface area contributed by atoms with Gasteiger partial charge < -0.3 is 15.7 Å². The lowest BCUT2D eigenvalue weighted by Crippen LogP contribution is -2.02. The average Bonchev–Trinajstić information content (AvgIpc) is 1.95. The monoisotopic (exact) mass is 188 g/mol. The van der Waals surface area contributed by atoms with Crippen molar-refractivity contribution in [3.8, 4) is 5.75 Å². The first-order chi connectivity index (χ1) is 4.74. The molecule has 0 aliphatic carbocycles.